The van der Waals surface area contributed by atoms with Crippen molar-refractivity contribution in [3.05, 3.63) is 97.2 Å². The third-order valence-corrected chi connectivity index (χ3v) is 13.6. The molecule has 0 radical (unpaired) electrons. The summed E-state index contributed by atoms with van der Waals surface area (Å²) in [5.41, 5.74) is 0. The first kappa shape index (κ1) is 69.6. The first-order valence-electron chi connectivity index (χ1n) is 30.1. The molecule has 6 N–H and O–H groups in total. The van der Waals surface area contributed by atoms with Crippen LogP contribution in [0, 0.1) is 0 Å². The van der Waals surface area contributed by atoms with Crippen molar-refractivity contribution < 1.29 is 49.3 Å². The van der Waals surface area contributed by atoms with E-state index in [1.165, 1.54) is 96.3 Å². The van der Waals surface area contributed by atoms with Gasteiger partial charge in [-0.3, -0.25) is 9.59 Å². The van der Waals surface area contributed by atoms with E-state index < -0.39 is 67.4 Å². The Morgan fingerprint density at radius 3 is 1.59 bits per heavy atom. The predicted octanol–water partition coefficient (Wildman–Crippen LogP) is 13.9. The van der Waals surface area contributed by atoms with E-state index in [9.17, 15) is 35.1 Å². The fraction of sp³-hybridized carbons (Fsp3) is 0.719. The minimum atomic E-state index is -1.63. The van der Waals surface area contributed by atoms with Crippen molar-refractivity contribution in [2.75, 3.05) is 13.2 Å². The summed E-state index contributed by atoms with van der Waals surface area (Å²) in [5.74, 6) is -1.25. The van der Waals surface area contributed by atoms with Crippen LogP contribution in [0.4, 0.5) is 0 Å². The summed E-state index contributed by atoms with van der Waals surface area (Å²) in [7, 11) is 0. The number of carbonyl (C=O) groups is 2. The number of unbranched alkanes of at least 4 members (excludes halogenated alkanes) is 24. The fourth-order valence-corrected chi connectivity index (χ4v) is 8.78. The van der Waals surface area contributed by atoms with Crippen LogP contribution >= 0.6 is 0 Å². The monoisotopic (exact) mass is 1050 g/mol. The van der Waals surface area contributed by atoms with Crippen molar-refractivity contribution in [3.8, 4) is 0 Å². The molecule has 1 rings (SSSR count). The molecule has 0 aromatic heterocycles. The summed E-state index contributed by atoms with van der Waals surface area (Å²) in [6.45, 7) is 5.57. The first-order chi connectivity index (χ1) is 36.7. The van der Waals surface area contributed by atoms with Crippen molar-refractivity contribution in [1.29, 1.82) is 0 Å². The zero-order valence-corrected chi connectivity index (χ0v) is 47.4. The summed E-state index contributed by atoms with van der Waals surface area (Å²) >= 11 is 0. The molecule has 0 aromatic carbocycles. The average molecular weight is 1050 g/mol. The average Bonchev–Trinajstić information content (AvgIpc) is 3.41. The zero-order valence-electron chi connectivity index (χ0n) is 47.4. The van der Waals surface area contributed by atoms with Crippen molar-refractivity contribution in [1.82, 2.24) is 5.32 Å². The van der Waals surface area contributed by atoms with Crippen LogP contribution in [-0.4, -0.2) is 99.6 Å². The number of hydrogen-bond donors (Lipinski definition) is 6. The lowest BCUT2D eigenvalue weighted by molar-refractivity contribution is -0.305. The van der Waals surface area contributed by atoms with Crippen LogP contribution in [0.25, 0.3) is 0 Å². The highest BCUT2D eigenvalue weighted by Crippen LogP contribution is 2.26. The Morgan fingerprint density at radius 1 is 0.547 bits per heavy atom. The van der Waals surface area contributed by atoms with Crippen LogP contribution in [0.15, 0.2) is 97.2 Å². The van der Waals surface area contributed by atoms with E-state index in [1.54, 1.807) is 6.08 Å². The van der Waals surface area contributed by atoms with E-state index in [0.29, 0.717) is 12.8 Å². The number of nitrogens with one attached hydrogen (secondary N) is 1. The molecule has 0 aromatic rings. The molecular formula is C64H109NO10. The highest BCUT2D eigenvalue weighted by molar-refractivity contribution is 5.80. The Kier molecular flexibility index (Phi) is 47.6. The third kappa shape index (κ3) is 39.6. The second-order valence-electron chi connectivity index (χ2n) is 20.4. The molecule has 1 saturated heterocycles. The minimum absolute atomic E-state index is 0.105. The Hall–Kier alpha value is -3.42. The van der Waals surface area contributed by atoms with Gasteiger partial charge < -0.3 is 45.1 Å². The Morgan fingerprint density at radius 2 is 1.01 bits per heavy atom. The van der Waals surface area contributed by atoms with Crippen molar-refractivity contribution in [3.63, 3.8) is 0 Å². The second kappa shape index (κ2) is 51.3. The highest BCUT2D eigenvalue weighted by atomic mass is 16.7. The van der Waals surface area contributed by atoms with Gasteiger partial charge in [0.25, 0.3) is 0 Å². The van der Waals surface area contributed by atoms with Crippen LogP contribution in [-0.2, 0) is 23.8 Å². The number of aliphatic hydroxyl groups is 5. The lowest BCUT2D eigenvalue weighted by Crippen LogP contribution is -2.61. The maximum atomic E-state index is 13.4. The van der Waals surface area contributed by atoms with E-state index in [4.69, 9.17) is 14.2 Å². The normalized spacial score (nSPS) is 19.9. The quantitative estimate of drug-likeness (QED) is 0.0149. The summed E-state index contributed by atoms with van der Waals surface area (Å²) in [6, 6.07) is -1.05. The van der Waals surface area contributed by atoms with Crippen molar-refractivity contribution >= 4 is 11.9 Å². The summed E-state index contributed by atoms with van der Waals surface area (Å²) in [5, 5.41) is 56.8. The Bertz CT molecular complexity index is 1580. The molecule has 11 heteroatoms. The smallest absolute Gasteiger partial charge is 0.306 e. The number of aliphatic hydroxyl groups excluding tert-OH is 5. The fourth-order valence-electron chi connectivity index (χ4n) is 8.78. The van der Waals surface area contributed by atoms with Crippen LogP contribution in [0.5, 0.6) is 0 Å². The molecule has 8 atom stereocenters. The van der Waals surface area contributed by atoms with Crippen LogP contribution < -0.4 is 5.32 Å². The molecule has 1 heterocycles. The molecule has 75 heavy (non-hydrogen) atoms. The molecule has 0 aliphatic carbocycles. The molecule has 1 fully saturated rings. The van der Waals surface area contributed by atoms with Crippen molar-refractivity contribution in [2.24, 2.45) is 0 Å². The number of hydrogen-bond acceptors (Lipinski definition) is 10. The Balaban J connectivity index is 2.70. The molecular weight excluding hydrogens is 943 g/mol. The van der Waals surface area contributed by atoms with E-state index >= 15 is 0 Å². The van der Waals surface area contributed by atoms with E-state index in [-0.39, 0.29) is 19.4 Å². The van der Waals surface area contributed by atoms with Gasteiger partial charge in [0.15, 0.2) is 12.4 Å². The number of amides is 1. The van der Waals surface area contributed by atoms with Gasteiger partial charge in [0.1, 0.15) is 24.4 Å². The third-order valence-electron chi connectivity index (χ3n) is 13.6. The number of carbonyl (C=O) groups excluding carboxylic acids is 2. The summed E-state index contributed by atoms with van der Waals surface area (Å²) in [4.78, 5) is 26.5. The molecule has 0 saturated carbocycles. The number of allylic oxidation sites excluding steroid dienone is 15. The van der Waals surface area contributed by atoms with E-state index in [0.717, 1.165) is 89.9 Å². The lowest BCUT2D eigenvalue weighted by atomic mass is 9.99. The lowest BCUT2D eigenvalue weighted by Gasteiger charge is -2.41. The van der Waals surface area contributed by atoms with Crippen molar-refractivity contribution in [2.45, 2.75) is 282 Å². The van der Waals surface area contributed by atoms with Gasteiger partial charge >= 0.3 is 5.97 Å². The summed E-state index contributed by atoms with van der Waals surface area (Å²) in [6.07, 6.45) is 57.4. The number of esters is 1. The zero-order chi connectivity index (χ0) is 54.7. The van der Waals surface area contributed by atoms with Crippen LogP contribution in [0.2, 0.25) is 0 Å². The molecule has 1 aliphatic heterocycles. The second-order valence-corrected chi connectivity index (χ2v) is 20.4. The first-order valence-corrected chi connectivity index (χ1v) is 30.1. The Labute approximate surface area is 456 Å². The standard InChI is InChI=1S/C64H109NO10/c1-4-7-10-13-16-19-22-25-26-27-28-29-30-31-32-34-37-40-43-46-49-52-59(69)75-62-61(71)60(70)58(53-66)74-64(62)73-54-55(56(67)50-47-44-41-38-36-33-23-20-17-14-11-8-5-2)65-63(72)57(68)51-48-45-42-39-35-24-21-18-15-12-9-6-3/h9,12,15-16,18-19,21,24-26,28-29,35,39,47,50,55-58,60-62,64,66-68,70-71H,4-8,10-11,13-14,17,20,22-23,27,30-34,36-38,40-46,48-49,51-54H2,1-3H3,(H,65,72)/b12-9+,18-15+,19-16-,24-21-,26-25-,29-28-,39-35-,50-47+. The topological polar surface area (TPSA) is 175 Å². The number of ether oxygens (including phenoxy) is 3. The predicted molar refractivity (Wildman–Crippen MR) is 310 cm³/mol. The van der Waals surface area contributed by atoms with Gasteiger partial charge in [-0.1, -0.05) is 240 Å². The van der Waals surface area contributed by atoms with Gasteiger partial charge in [-0.15, -0.1) is 0 Å². The number of rotatable bonds is 49. The van der Waals surface area contributed by atoms with Gasteiger partial charge in [0.2, 0.25) is 5.91 Å². The molecule has 0 spiro atoms. The maximum Gasteiger partial charge on any atom is 0.306 e. The summed E-state index contributed by atoms with van der Waals surface area (Å²) < 4.78 is 17.6. The van der Waals surface area contributed by atoms with Gasteiger partial charge in [-0.25, -0.2) is 0 Å². The molecule has 1 amide bonds. The molecule has 11 nitrogen and oxygen atoms in total. The van der Waals surface area contributed by atoms with Gasteiger partial charge in [-0.2, -0.15) is 0 Å². The molecule has 8 unspecified atom stereocenters. The van der Waals surface area contributed by atoms with Crippen LogP contribution in [0.1, 0.15) is 233 Å². The van der Waals surface area contributed by atoms with Gasteiger partial charge in [-0.05, 0) is 83.5 Å². The SMILES string of the molecule is CC/C=C/C=C/C=C\C=C/CCCCC(O)C(=O)NC(COC1OC(CO)C(O)C(O)C1OC(=O)CCCCCCCCCC/C=C\C/C=C\C/C=C\CCCCC)C(O)/C=C/CCCCCCCCCCCCC. The molecule has 430 valence electrons. The largest absolute Gasteiger partial charge is 0.454 e. The maximum absolute atomic E-state index is 13.4. The van der Waals surface area contributed by atoms with Gasteiger partial charge in [0, 0.05) is 6.42 Å². The van der Waals surface area contributed by atoms with Gasteiger partial charge in [0.05, 0.1) is 25.4 Å². The molecule has 0 bridgehead atoms. The minimum Gasteiger partial charge on any atom is -0.454 e. The molecule has 1 aliphatic rings. The highest BCUT2D eigenvalue weighted by Gasteiger charge is 2.47. The van der Waals surface area contributed by atoms with E-state index in [1.807, 2.05) is 48.6 Å². The van der Waals surface area contributed by atoms with Crippen LogP contribution in [0.3, 0.4) is 0 Å². The van der Waals surface area contributed by atoms with E-state index in [2.05, 4.69) is 68.6 Å².